The third kappa shape index (κ3) is 5.10. The molecule has 0 amide bonds. The lowest BCUT2D eigenvalue weighted by atomic mass is 9.80. The van der Waals surface area contributed by atoms with Gasteiger partial charge in [0.1, 0.15) is 6.10 Å². The van der Waals surface area contributed by atoms with Crippen LogP contribution in [0, 0.1) is 31.1 Å². The number of hydrogen-bond acceptors (Lipinski definition) is 3. The lowest BCUT2D eigenvalue weighted by Gasteiger charge is -2.31. The minimum absolute atomic E-state index is 0.282. The molecule has 1 aromatic heterocycles. The van der Waals surface area contributed by atoms with E-state index < -0.39 is 0 Å². The summed E-state index contributed by atoms with van der Waals surface area (Å²) in [5, 5.41) is 11.3. The fourth-order valence-corrected chi connectivity index (χ4v) is 3.46. The fraction of sp³-hybridized carbons (Fsp3) is 0.700. The fourth-order valence-electron chi connectivity index (χ4n) is 3.46. The van der Waals surface area contributed by atoms with Gasteiger partial charge in [-0.15, -0.1) is 0 Å². The largest absolute Gasteiger partial charge is 0.474 e. The summed E-state index contributed by atoms with van der Waals surface area (Å²) in [7, 11) is 1.90. The van der Waals surface area contributed by atoms with Gasteiger partial charge in [-0.1, -0.05) is 13.8 Å². The van der Waals surface area contributed by atoms with E-state index in [9.17, 15) is 0 Å². The Morgan fingerprint density at radius 3 is 2.48 bits per heavy atom. The van der Waals surface area contributed by atoms with Gasteiger partial charge in [-0.3, -0.25) is 5.41 Å². The van der Waals surface area contributed by atoms with Crippen molar-refractivity contribution in [3.8, 4) is 5.88 Å². The van der Waals surface area contributed by atoms with Gasteiger partial charge in [0, 0.05) is 19.7 Å². The number of anilines is 1. The maximum atomic E-state index is 8.09. The Kier molecular flexibility index (Phi) is 6.68. The van der Waals surface area contributed by atoms with E-state index in [0.717, 1.165) is 48.2 Å². The summed E-state index contributed by atoms with van der Waals surface area (Å²) >= 11 is 0. The van der Waals surface area contributed by atoms with Crippen LogP contribution in [0.5, 0.6) is 5.88 Å². The Morgan fingerprint density at radius 1 is 1.32 bits per heavy atom. The minimum Gasteiger partial charge on any atom is -0.474 e. The van der Waals surface area contributed by atoms with Gasteiger partial charge in [-0.25, -0.2) is 4.98 Å². The van der Waals surface area contributed by atoms with E-state index in [1.54, 1.807) is 0 Å². The summed E-state index contributed by atoms with van der Waals surface area (Å²) in [5.41, 5.74) is 2.84. The van der Waals surface area contributed by atoms with Crippen molar-refractivity contribution in [2.24, 2.45) is 11.8 Å². The predicted molar refractivity (Wildman–Crippen MR) is 105 cm³/mol. The second-order valence-corrected chi connectivity index (χ2v) is 7.62. The lowest BCUT2D eigenvalue weighted by Crippen LogP contribution is -2.32. The number of ether oxygens (including phenoxy) is 1. The van der Waals surface area contributed by atoms with E-state index >= 15 is 0 Å². The van der Waals surface area contributed by atoms with Crippen LogP contribution in [-0.4, -0.2) is 35.5 Å². The molecule has 0 radical (unpaired) electrons. The van der Waals surface area contributed by atoms with Crippen molar-refractivity contribution in [2.45, 2.75) is 66.4 Å². The highest BCUT2D eigenvalue weighted by atomic mass is 16.5. The molecular formula is C20H34N4O. The monoisotopic (exact) mass is 346 g/mol. The summed E-state index contributed by atoms with van der Waals surface area (Å²) in [6.45, 7) is 11.5. The third-order valence-electron chi connectivity index (χ3n) is 5.42. The number of guanidine groups is 1. The summed E-state index contributed by atoms with van der Waals surface area (Å²) in [6, 6.07) is 1.99. The van der Waals surface area contributed by atoms with Crippen molar-refractivity contribution in [2.75, 3.05) is 18.9 Å². The Morgan fingerprint density at radius 2 is 1.96 bits per heavy atom. The van der Waals surface area contributed by atoms with Crippen molar-refractivity contribution in [1.29, 1.82) is 5.41 Å². The molecule has 5 nitrogen and oxygen atoms in total. The molecule has 0 aromatic carbocycles. The van der Waals surface area contributed by atoms with Crippen LogP contribution in [-0.2, 0) is 0 Å². The van der Waals surface area contributed by atoms with Crippen LogP contribution in [0.3, 0.4) is 0 Å². The van der Waals surface area contributed by atoms with Crippen molar-refractivity contribution >= 4 is 11.6 Å². The van der Waals surface area contributed by atoms with Gasteiger partial charge in [0.2, 0.25) is 5.88 Å². The molecule has 2 N–H and O–H groups in total. The highest BCUT2D eigenvalue weighted by Gasteiger charge is 2.25. The normalized spacial score (nSPS) is 20.4. The van der Waals surface area contributed by atoms with Crippen LogP contribution < -0.4 is 10.1 Å². The number of nitrogens with zero attached hydrogens (tertiary/aromatic N) is 2. The molecule has 0 spiro atoms. The highest BCUT2D eigenvalue weighted by Crippen LogP contribution is 2.32. The van der Waals surface area contributed by atoms with Gasteiger partial charge in [0.25, 0.3) is 0 Å². The van der Waals surface area contributed by atoms with Crippen LogP contribution >= 0.6 is 0 Å². The molecule has 0 atom stereocenters. The summed E-state index contributed by atoms with van der Waals surface area (Å²) in [6.07, 6.45) is 5.02. The van der Waals surface area contributed by atoms with Crippen LogP contribution in [0.1, 0.15) is 57.7 Å². The van der Waals surface area contributed by atoms with Gasteiger partial charge >= 0.3 is 0 Å². The first-order valence-corrected chi connectivity index (χ1v) is 9.53. The maximum absolute atomic E-state index is 8.09. The van der Waals surface area contributed by atoms with E-state index in [1.807, 2.05) is 38.8 Å². The molecule has 5 heteroatoms. The second kappa shape index (κ2) is 8.54. The van der Waals surface area contributed by atoms with Gasteiger partial charge in [0.15, 0.2) is 5.96 Å². The van der Waals surface area contributed by atoms with Crippen LogP contribution in [0.2, 0.25) is 0 Å². The first-order chi connectivity index (χ1) is 11.8. The average Bonchev–Trinajstić information content (AvgIpc) is 2.57. The molecule has 0 saturated heterocycles. The highest BCUT2D eigenvalue weighted by molar-refractivity contribution is 5.92. The SMILES string of the molecule is CCN(C)C(=N)Nc1c(C)cc(OC2CCC(C(C)C)CC2)nc1C. The van der Waals surface area contributed by atoms with E-state index in [2.05, 4.69) is 24.1 Å². The molecule has 1 aliphatic carbocycles. The van der Waals surface area contributed by atoms with Crippen molar-refractivity contribution in [1.82, 2.24) is 9.88 Å². The van der Waals surface area contributed by atoms with E-state index in [4.69, 9.17) is 10.1 Å². The summed E-state index contributed by atoms with van der Waals surface area (Å²) in [5.74, 6) is 2.70. The Bertz CT molecular complexity index is 568. The zero-order chi connectivity index (χ0) is 18.6. The van der Waals surface area contributed by atoms with Crippen LogP contribution in [0.4, 0.5) is 5.69 Å². The summed E-state index contributed by atoms with van der Waals surface area (Å²) in [4.78, 5) is 6.48. The number of nitrogens with one attached hydrogen (secondary N) is 2. The smallest absolute Gasteiger partial charge is 0.214 e. The van der Waals surface area contributed by atoms with Crippen molar-refractivity contribution < 1.29 is 4.74 Å². The second-order valence-electron chi connectivity index (χ2n) is 7.62. The third-order valence-corrected chi connectivity index (χ3v) is 5.42. The van der Waals surface area contributed by atoms with Gasteiger partial charge in [0.05, 0.1) is 11.4 Å². The molecule has 0 bridgehead atoms. The molecule has 1 heterocycles. The van der Waals surface area contributed by atoms with Crippen molar-refractivity contribution in [3.05, 3.63) is 17.3 Å². The molecule has 1 aliphatic rings. The molecular weight excluding hydrogens is 312 g/mol. The zero-order valence-electron chi connectivity index (χ0n) is 16.6. The topological polar surface area (TPSA) is 61.2 Å². The quantitative estimate of drug-likeness (QED) is 0.605. The van der Waals surface area contributed by atoms with Gasteiger partial charge < -0.3 is 15.0 Å². The first kappa shape index (κ1) is 19.5. The predicted octanol–water partition coefficient (Wildman–Crippen LogP) is 4.59. The minimum atomic E-state index is 0.282. The average molecular weight is 347 g/mol. The number of rotatable bonds is 5. The van der Waals surface area contributed by atoms with E-state index in [1.165, 1.54) is 12.8 Å². The van der Waals surface area contributed by atoms with Crippen molar-refractivity contribution in [3.63, 3.8) is 0 Å². The molecule has 1 aromatic rings. The molecule has 140 valence electrons. The van der Waals surface area contributed by atoms with E-state index in [-0.39, 0.29) is 6.10 Å². The number of hydrogen-bond donors (Lipinski definition) is 2. The lowest BCUT2D eigenvalue weighted by molar-refractivity contribution is 0.112. The Balaban J connectivity index is 2.01. The standard InChI is InChI=1S/C20H34N4O/c1-7-24(6)20(21)23-19-14(4)12-18(22-15(19)5)25-17-10-8-16(9-11-17)13(2)3/h12-13,16-17H,7-11H2,1-6H3,(H2,21,23). The van der Waals surface area contributed by atoms with Gasteiger partial charge in [-0.2, -0.15) is 0 Å². The molecule has 0 aliphatic heterocycles. The number of aryl methyl sites for hydroxylation is 2. The molecule has 1 saturated carbocycles. The number of aromatic nitrogens is 1. The number of pyridine rings is 1. The Hall–Kier alpha value is -1.78. The molecule has 1 fully saturated rings. The maximum Gasteiger partial charge on any atom is 0.214 e. The summed E-state index contributed by atoms with van der Waals surface area (Å²) < 4.78 is 6.17. The first-order valence-electron chi connectivity index (χ1n) is 9.53. The molecule has 25 heavy (non-hydrogen) atoms. The van der Waals surface area contributed by atoms with E-state index in [0.29, 0.717) is 11.8 Å². The Labute approximate surface area is 152 Å². The van der Waals surface area contributed by atoms with Crippen LogP contribution in [0.25, 0.3) is 0 Å². The molecule has 0 unspecified atom stereocenters. The van der Waals surface area contributed by atoms with Crippen LogP contribution in [0.15, 0.2) is 6.07 Å². The zero-order valence-corrected chi connectivity index (χ0v) is 16.6. The molecule has 2 rings (SSSR count). The van der Waals surface area contributed by atoms with Gasteiger partial charge in [-0.05, 0) is 63.9 Å².